The number of halogens is 1. The van der Waals surface area contributed by atoms with Gasteiger partial charge in [-0.15, -0.1) is 0 Å². The highest BCUT2D eigenvalue weighted by Crippen LogP contribution is 2.28. The van der Waals surface area contributed by atoms with Crippen molar-refractivity contribution < 1.29 is 9.21 Å². The van der Waals surface area contributed by atoms with Crippen LogP contribution in [0.5, 0.6) is 0 Å². The monoisotopic (exact) mass is 284 g/mol. The molecule has 2 fully saturated rings. The lowest BCUT2D eigenvalue weighted by Gasteiger charge is -2.20. The number of carbonyl (C=O) groups excluding carboxylic acids is 1. The van der Waals surface area contributed by atoms with Crippen molar-refractivity contribution in [2.45, 2.75) is 37.4 Å². The minimum Gasteiger partial charge on any atom is -0.444 e. The number of nitrogens with one attached hydrogen (secondary N) is 2. The van der Waals surface area contributed by atoms with Crippen LogP contribution in [0, 0.1) is 0 Å². The number of hydrogen-bond donors (Lipinski definition) is 2. The summed E-state index contributed by atoms with van der Waals surface area (Å²) in [7, 11) is 0. The molecule has 4 nitrogen and oxygen atoms in total. The zero-order chi connectivity index (χ0) is 11.1. The summed E-state index contributed by atoms with van der Waals surface area (Å²) >= 11 is 3.19. The number of fused-ring (bicyclic) bond motifs is 2. The van der Waals surface area contributed by atoms with Crippen molar-refractivity contribution in [2.75, 3.05) is 0 Å². The first kappa shape index (κ1) is 10.4. The van der Waals surface area contributed by atoms with Crippen LogP contribution in [0.15, 0.2) is 21.2 Å². The highest BCUT2D eigenvalue weighted by atomic mass is 79.9. The van der Waals surface area contributed by atoms with Gasteiger partial charge in [-0.2, -0.15) is 0 Å². The van der Waals surface area contributed by atoms with Crippen LogP contribution in [0.2, 0.25) is 0 Å². The summed E-state index contributed by atoms with van der Waals surface area (Å²) in [5, 5.41) is 6.51. The molecular weight excluding hydrogens is 272 g/mol. The van der Waals surface area contributed by atoms with Crippen LogP contribution in [-0.2, 0) is 0 Å². The Kier molecular flexibility index (Phi) is 2.52. The molecule has 2 aliphatic rings. The van der Waals surface area contributed by atoms with Crippen LogP contribution in [0.3, 0.4) is 0 Å². The van der Waals surface area contributed by atoms with E-state index >= 15 is 0 Å². The fourth-order valence-electron chi connectivity index (χ4n) is 2.66. The van der Waals surface area contributed by atoms with Crippen LogP contribution in [0.25, 0.3) is 0 Å². The average molecular weight is 285 g/mol. The molecule has 0 unspecified atom stereocenters. The van der Waals surface area contributed by atoms with E-state index in [0.29, 0.717) is 22.5 Å². The number of amides is 1. The summed E-state index contributed by atoms with van der Waals surface area (Å²) in [6.07, 6.45) is 3.44. The molecule has 1 aromatic rings. The normalized spacial score (nSPS) is 31.9. The van der Waals surface area contributed by atoms with Crippen LogP contribution < -0.4 is 10.6 Å². The van der Waals surface area contributed by atoms with Crippen LogP contribution >= 0.6 is 15.9 Å². The van der Waals surface area contributed by atoms with E-state index in [2.05, 4.69) is 26.6 Å². The maximum Gasteiger partial charge on any atom is 0.287 e. The van der Waals surface area contributed by atoms with Gasteiger partial charge in [0, 0.05) is 18.1 Å². The third kappa shape index (κ3) is 1.78. The fraction of sp³-hybridized carbons (Fsp3) is 0.545. The Morgan fingerprint density at radius 2 is 2.38 bits per heavy atom. The van der Waals surface area contributed by atoms with Gasteiger partial charge in [-0.1, -0.05) is 0 Å². The van der Waals surface area contributed by atoms with Gasteiger partial charge in [0.2, 0.25) is 0 Å². The molecule has 2 aliphatic heterocycles. The molecule has 3 heterocycles. The van der Waals surface area contributed by atoms with Crippen molar-refractivity contribution in [2.24, 2.45) is 0 Å². The lowest BCUT2D eigenvalue weighted by molar-refractivity contribution is 0.0901. The third-order valence-electron chi connectivity index (χ3n) is 3.41. The summed E-state index contributed by atoms with van der Waals surface area (Å²) < 4.78 is 5.81. The van der Waals surface area contributed by atoms with E-state index in [1.54, 1.807) is 12.1 Å². The fourth-order valence-corrected chi connectivity index (χ4v) is 2.97. The largest absolute Gasteiger partial charge is 0.444 e. The van der Waals surface area contributed by atoms with Gasteiger partial charge < -0.3 is 15.1 Å². The maximum atomic E-state index is 11.8. The zero-order valence-electron chi connectivity index (χ0n) is 8.70. The average Bonchev–Trinajstić information content (AvgIpc) is 2.92. The summed E-state index contributed by atoms with van der Waals surface area (Å²) in [5.41, 5.74) is 0. The van der Waals surface area contributed by atoms with E-state index in [9.17, 15) is 4.79 Å². The summed E-state index contributed by atoms with van der Waals surface area (Å²) in [6.45, 7) is 0. The molecule has 2 N–H and O–H groups in total. The van der Waals surface area contributed by atoms with Gasteiger partial charge >= 0.3 is 0 Å². The first-order chi connectivity index (χ1) is 7.72. The first-order valence-electron chi connectivity index (χ1n) is 5.54. The zero-order valence-corrected chi connectivity index (χ0v) is 10.3. The minimum atomic E-state index is -0.120. The van der Waals surface area contributed by atoms with E-state index in [1.165, 1.54) is 6.42 Å². The van der Waals surface area contributed by atoms with Gasteiger partial charge in [0.15, 0.2) is 10.4 Å². The second-order valence-corrected chi connectivity index (χ2v) is 5.25. The summed E-state index contributed by atoms with van der Waals surface area (Å²) in [5.74, 6) is 0.250. The van der Waals surface area contributed by atoms with Crippen molar-refractivity contribution in [1.82, 2.24) is 10.6 Å². The van der Waals surface area contributed by atoms with E-state index in [0.717, 1.165) is 12.8 Å². The molecule has 3 rings (SSSR count). The predicted molar refractivity (Wildman–Crippen MR) is 62.2 cm³/mol. The quantitative estimate of drug-likeness (QED) is 0.869. The van der Waals surface area contributed by atoms with E-state index < -0.39 is 0 Å². The molecule has 0 aliphatic carbocycles. The molecule has 5 heteroatoms. The van der Waals surface area contributed by atoms with Crippen molar-refractivity contribution in [3.05, 3.63) is 22.6 Å². The Labute approximate surface area is 102 Å². The van der Waals surface area contributed by atoms with Gasteiger partial charge in [-0.25, -0.2) is 0 Å². The third-order valence-corrected chi connectivity index (χ3v) is 3.84. The highest BCUT2D eigenvalue weighted by molar-refractivity contribution is 9.10. The smallest absolute Gasteiger partial charge is 0.287 e. The van der Waals surface area contributed by atoms with E-state index in [1.807, 2.05) is 0 Å². The number of carbonyl (C=O) groups is 1. The first-order valence-corrected chi connectivity index (χ1v) is 6.34. The number of hydrogen-bond acceptors (Lipinski definition) is 3. The summed E-state index contributed by atoms with van der Waals surface area (Å²) in [4.78, 5) is 11.8. The second kappa shape index (κ2) is 3.89. The predicted octanol–water partition coefficient (Wildman–Crippen LogP) is 1.66. The Hall–Kier alpha value is -0.810. The van der Waals surface area contributed by atoms with E-state index in [-0.39, 0.29) is 11.9 Å². The lowest BCUT2D eigenvalue weighted by Crippen LogP contribution is -2.42. The standard InChI is InChI=1S/C11H13BrN2O2/c12-10-4-3-9(16-10)11(15)14-8-5-6-1-2-7(8)13-6/h3-4,6-8,13H,1-2,5H2,(H,14,15)/t6-,7+,8-/m1/s1. The molecule has 1 aromatic heterocycles. The Morgan fingerprint density at radius 1 is 1.50 bits per heavy atom. The Balaban J connectivity index is 1.65. The van der Waals surface area contributed by atoms with Crippen molar-refractivity contribution in [1.29, 1.82) is 0 Å². The lowest BCUT2D eigenvalue weighted by atomic mass is 9.95. The molecule has 2 saturated heterocycles. The topological polar surface area (TPSA) is 54.3 Å². The highest BCUT2D eigenvalue weighted by Gasteiger charge is 2.39. The molecule has 2 bridgehead atoms. The maximum absolute atomic E-state index is 11.8. The molecule has 0 radical (unpaired) electrons. The Morgan fingerprint density at radius 3 is 2.94 bits per heavy atom. The number of furan rings is 1. The SMILES string of the molecule is O=C(N[C@@H]1C[C@H]2CC[C@@H]1N2)c1ccc(Br)o1. The second-order valence-electron chi connectivity index (χ2n) is 4.47. The molecule has 3 atom stereocenters. The molecule has 0 spiro atoms. The molecule has 86 valence electrons. The molecule has 1 amide bonds. The number of rotatable bonds is 2. The van der Waals surface area contributed by atoms with Gasteiger partial charge in [-0.3, -0.25) is 4.79 Å². The molecule has 0 saturated carbocycles. The molecule has 0 aromatic carbocycles. The minimum absolute atomic E-state index is 0.120. The van der Waals surface area contributed by atoms with Crippen LogP contribution in [-0.4, -0.2) is 24.0 Å². The van der Waals surface area contributed by atoms with Gasteiger partial charge in [0.05, 0.1) is 0 Å². The Bertz CT molecular complexity index is 418. The van der Waals surface area contributed by atoms with Crippen LogP contribution in [0.4, 0.5) is 0 Å². The van der Waals surface area contributed by atoms with E-state index in [4.69, 9.17) is 4.42 Å². The van der Waals surface area contributed by atoms with Gasteiger partial charge in [0.1, 0.15) is 0 Å². The molecule has 16 heavy (non-hydrogen) atoms. The van der Waals surface area contributed by atoms with Crippen LogP contribution in [0.1, 0.15) is 29.8 Å². The van der Waals surface area contributed by atoms with Crippen molar-refractivity contribution in [3.8, 4) is 0 Å². The van der Waals surface area contributed by atoms with Crippen molar-refractivity contribution >= 4 is 21.8 Å². The van der Waals surface area contributed by atoms with Gasteiger partial charge in [-0.05, 0) is 47.3 Å². The molecular formula is C11H13BrN2O2. The summed E-state index contributed by atoms with van der Waals surface area (Å²) in [6, 6.07) is 4.72. The van der Waals surface area contributed by atoms with Gasteiger partial charge in [0.25, 0.3) is 5.91 Å². The van der Waals surface area contributed by atoms with Crippen molar-refractivity contribution in [3.63, 3.8) is 0 Å².